The van der Waals surface area contributed by atoms with Gasteiger partial charge in [0.2, 0.25) is 3.79 Å². The number of carbonyl (C=O) groups excluding carboxylic acids is 1. The van der Waals surface area contributed by atoms with Gasteiger partial charge >= 0.3 is 0 Å². The lowest BCUT2D eigenvalue weighted by Gasteiger charge is -2.19. The number of carbonyl (C=O) groups is 1. The van der Waals surface area contributed by atoms with Gasteiger partial charge in [0, 0.05) is 5.56 Å². The second kappa shape index (κ2) is 5.23. The summed E-state index contributed by atoms with van der Waals surface area (Å²) in [6.07, 6.45) is -1.55. The van der Waals surface area contributed by atoms with Crippen LogP contribution in [0.1, 0.15) is 15.9 Å². The Morgan fingerprint density at radius 3 is 2.56 bits per heavy atom. The number of hydrogen-bond acceptors (Lipinski definition) is 2. The summed E-state index contributed by atoms with van der Waals surface area (Å²) >= 11 is 16.2. The summed E-state index contributed by atoms with van der Waals surface area (Å²) in [6, 6.07) is 6.85. The van der Waals surface area contributed by atoms with Crippen molar-refractivity contribution in [2.24, 2.45) is 0 Å². The lowest BCUT2D eigenvalue weighted by Crippen LogP contribution is -2.43. The Bertz CT molecular complexity index is 390. The van der Waals surface area contributed by atoms with E-state index in [4.69, 9.17) is 34.8 Å². The predicted octanol–water partition coefficient (Wildman–Crippen LogP) is 2.41. The quantitative estimate of drug-likeness (QED) is 0.646. The van der Waals surface area contributed by atoms with Gasteiger partial charge in [0.1, 0.15) is 0 Å². The van der Waals surface area contributed by atoms with Crippen LogP contribution in [0.15, 0.2) is 24.3 Å². The lowest BCUT2D eigenvalue weighted by molar-refractivity contribution is 0.0791. The zero-order chi connectivity index (χ0) is 12.3. The molecule has 0 bridgehead atoms. The molecule has 1 amide bonds. The summed E-state index contributed by atoms with van der Waals surface area (Å²) in [7, 11) is 0. The highest BCUT2D eigenvalue weighted by atomic mass is 35.6. The molecule has 16 heavy (non-hydrogen) atoms. The van der Waals surface area contributed by atoms with Gasteiger partial charge in [0.25, 0.3) is 5.91 Å². The second-order valence-electron chi connectivity index (χ2n) is 3.29. The molecule has 0 spiro atoms. The molecule has 1 unspecified atom stereocenters. The number of hydrogen-bond donors (Lipinski definition) is 2. The monoisotopic (exact) mass is 281 g/mol. The van der Waals surface area contributed by atoms with E-state index in [2.05, 4.69) is 5.32 Å². The third-order valence-electron chi connectivity index (χ3n) is 1.86. The minimum absolute atomic E-state index is 0.397. The highest BCUT2D eigenvalue weighted by Crippen LogP contribution is 2.28. The van der Waals surface area contributed by atoms with Crippen LogP contribution < -0.4 is 5.32 Å². The van der Waals surface area contributed by atoms with Gasteiger partial charge in [-0.1, -0.05) is 52.5 Å². The van der Waals surface area contributed by atoms with Gasteiger partial charge in [-0.2, -0.15) is 0 Å². The number of halogens is 3. The smallest absolute Gasteiger partial charge is 0.253 e. The van der Waals surface area contributed by atoms with Crippen molar-refractivity contribution >= 4 is 40.7 Å². The molecule has 1 aromatic carbocycles. The zero-order valence-corrected chi connectivity index (χ0v) is 10.6. The highest BCUT2D eigenvalue weighted by molar-refractivity contribution is 6.68. The molecule has 3 nitrogen and oxygen atoms in total. The first-order chi connectivity index (χ1) is 7.30. The number of aliphatic hydroxyl groups is 1. The van der Waals surface area contributed by atoms with E-state index in [9.17, 15) is 9.90 Å². The van der Waals surface area contributed by atoms with Crippen molar-refractivity contribution < 1.29 is 9.90 Å². The van der Waals surface area contributed by atoms with Gasteiger partial charge in [-0.05, 0) is 19.1 Å². The maximum absolute atomic E-state index is 11.6. The van der Waals surface area contributed by atoms with Gasteiger partial charge in [-0.15, -0.1) is 0 Å². The number of aliphatic hydroxyl groups excluding tert-OH is 1. The van der Waals surface area contributed by atoms with Crippen molar-refractivity contribution in [2.75, 3.05) is 0 Å². The molecule has 1 rings (SSSR count). The first-order valence-electron chi connectivity index (χ1n) is 4.43. The fraction of sp³-hybridized carbons (Fsp3) is 0.300. The predicted molar refractivity (Wildman–Crippen MR) is 64.9 cm³/mol. The molecule has 1 aromatic rings. The molecule has 0 aliphatic heterocycles. The van der Waals surface area contributed by atoms with Crippen LogP contribution in [0.4, 0.5) is 0 Å². The molecule has 0 fully saturated rings. The summed E-state index contributed by atoms with van der Waals surface area (Å²) in [5, 5.41) is 11.5. The molecule has 88 valence electrons. The van der Waals surface area contributed by atoms with Crippen molar-refractivity contribution in [1.29, 1.82) is 0 Å². The van der Waals surface area contributed by atoms with Gasteiger partial charge < -0.3 is 10.4 Å². The van der Waals surface area contributed by atoms with Gasteiger partial charge in [0.05, 0.1) is 0 Å². The number of aryl methyl sites for hydroxylation is 1. The summed E-state index contributed by atoms with van der Waals surface area (Å²) < 4.78 is -1.94. The maximum Gasteiger partial charge on any atom is 0.253 e. The van der Waals surface area contributed by atoms with E-state index in [0.29, 0.717) is 5.56 Å². The molecular formula is C10H10Cl3NO2. The number of alkyl halides is 3. The summed E-state index contributed by atoms with van der Waals surface area (Å²) in [6.45, 7) is 1.85. The van der Waals surface area contributed by atoms with Crippen molar-refractivity contribution in [2.45, 2.75) is 16.9 Å². The van der Waals surface area contributed by atoms with E-state index in [1.807, 2.05) is 13.0 Å². The molecule has 6 heteroatoms. The van der Waals surface area contributed by atoms with E-state index < -0.39 is 15.9 Å². The molecular weight excluding hydrogens is 272 g/mol. The standard InChI is InChI=1S/C10H10Cl3NO2/c1-6-3-2-4-7(5-6)8(15)14-9(16)10(11,12)13/h2-5,9,16H,1H3,(H,14,15). The molecule has 0 saturated carbocycles. The largest absolute Gasteiger partial charge is 0.369 e. The number of rotatable bonds is 2. The van der Waals surface area contributed by atoms with Crippen molar-refractivity contribution in [3.8, 4) is 0 Å². The maximum atomic E-state index is 11.6. The minimum Gasteiger partial charge on any atom is -0.369 e. The topological polar surface area (TPSA) is 49.3 Å². The molecule has 0 saturated heterocycles. The Kier molecular flexibility index (Phi) is 4.44. The van der Waals surface area contributed by atoms with E-state index in [0.717, 1.165) is 5.56 Å². The number of benzene rings is 1. The van der Waals surface area contributed by atoms with Crippen LogP contribution in [-0.2, 0) is 0 Å². The third kappa shape index (κ3) is 3.83. The normalized spacial score (nSPS) is 13.3. The summed E-state index contributed by atoms with van der Waals surface area (Å²) in [5.74, 6) is -0.498. The first-order valence-corrected chi connectivity index (χ1v) is 5.56. The molecule has 2 N–H and O–H groups in total. The van der Waals surface area contributed by atoms with Crippen LogP contribution in [-0.4, -0.2) is 21.0 Å². The van der Waals surface area contributed by atoms with Gasteiger partial charge in [0.15, 0.2) is 6.23 Å². The third-order valence-corrected chi connectivity index (χ3v) is 2.48. The van der Waals surface area contributed by atoms with Crippen LogP contribution in [0.25, 0.3) is 0 Å². The van der Waals surface area contributed by atoms with Crippen LogP contribution in [0.3, 0.4) is 0 Å². The fourth-order valence-electron chi connectivity index (χ4n) is 1.08. The second-order valence-corrected chi connectivity index (χ2v) is 5.66. The average molecular weight is 283 g/mol. The van der Waals surface area contributed by atoms with E-state index in [1.165, 1.54) is 0 Å². The molecule has 0 aromatic heterocycles. The Morgan fingerprint density at radius 1 is 1.44 bits per heavy atom. The lowest BCUT2D eigenvalue weighted by atomic mass is 10.1. The summed E-state index contributed by atoms with van der Waals surface area (Å²) in [4.78, 5) is 11.6. The zero-order valence-electron chi connectivity index (χ0n) is 8.38. The van der Waals surface area contributed by atoms with Crippen LogP contribution in [0.2, 0.25) is 0 Å². The van der Waals surface area contributed by atoms with Crippen LogP contribution in [0.5, 0.6) is 0 Å². The first kappa shape index (κ1) is 13.6. The van der Waals surface area contributed by atoms with E-state index in [1.54, 1.807) is 18.2 Å². The van der Waals surface area contributed by atoms with Crippen molar-refractivity contribution in [1.82, 2.24) is 5.32 Å². The molecule has 0 aliphatic rings. The van der Waals surface area contributed by atoms with Crippen molar-refractivity contribution in [3.05, 3.63) is 35.4 Å². The van der Waals surface area contributed by atoms with Crippen LogP contribution in [0, 0.1) is 6.92 Å². The fourth-order valence-corrected chi connectivity index (χ4v) is 1.24. The van der Waals surface area contributed by atoms with E-state index >= 15 is 0 Å². The average Bonchev–Trinajstić information content (AvgIpc) is 2.16. The molecule has 0 radical (unpaired) electrons. The Morgan fingerprint density at radius 2 is 2.06 bits per heavy atom. The summed E-state index contributed by atoms with van der Waals surface area (Å²) in [5.41, 5.74) is 1.32. The Balaban J connectivity index is 2.74. The van der Waals surface area contributed by atoms with Gasteiger partial charge in [-0.25, -0.2) is 0 Å². The number of amides is 1. The highest BCUT2D eigenvalue weighted by Gasteiger charge is 2.32. The Hall–Kier alpha value is -0.480. The molecule has 1 atom stereocenters. The molecule has 0 aliphatic carbocycles. The molecule has 0 heterocycles. The van der Waals surface area contributed by atoms with Crippen molar-refractivity contribution in [3.63, 3.8) is 0 Å². The van der Waals surface area contributed by atoms with Crippen LogP contribution >= 0.6 is 34.8 Å². The Labute approximate surface area is 108 Å². The van der Waals surface area contributed by atoms with E-state index in [-0.39, 0.29) is 0 Å². The SMILES string of the molecule is Cc1cccc(C(=O)NC(O)C(Cl)(Cl)Cl)c1. The van der Waals surface area contributed by atoms with Gasteiger partial charge in [-0.3, -0.25) is 4.79 Å². The minimum atomic E-state index is -1.94. The number of nitrogens with one attached hydrogen (secondary N) is 1.